The molecule has 22 heavy (non-hydrogen) atoms. The molecule has 4 heteroatoms. The molecule has 1 aromatic carbocycles. The molecule has 1 aromatic rings. The van der Waals surface area contributed by atoms with Crippen molar-refractivity contribution < 1.29 is 9.53 Å². The van der Waals surface area contributed by atoms with Crippen LogP contribution < -0.4 is 10.2 Å². The number of rotatable bonds is 3. The molecule has 1 aliphatic heterocycles. The summed E-state index contributed by atoms with van der Waals surface area (Å²) in [7, 11) is 0. The van der Waals surface area contributed by atoms with Crippen LogP contribution in [0.15, 0.2) is 24.3 Å². The van der Waals surface area contributed by atoms with E-state index in [-0.39, 0.29) is 12.1 Å². The quantitative estimate of drug-likeness (QED) is 0.907. The third-order valence-corrected chi connectivity index (χ3v) is 3.85. The Bertz CT molecular complexity index is 485. The van der Waals surface area contributed by atoms with Crippen LogP contribution in [0.1, 0.15) is 58.6 Å². The molecule has 1 unspecified atom stereocenters. The van der Waals surface area contributed by atoms with Crippen molar-refractivity contribution in [3.8, 4) is 0 Å². The van der Waals surface area contributed by atoms with Crippen LogP contribution in [0.4, 0.5) is 10.5 Å². The van der Waals surface area contributed by atoms with Gasteiger partial charge in [0.2, 0.25) is 0 Å². The van der Waals surface area contributed by atoms with Crippen LogP contribution in [0.25, 0.3) is 0 Å². The molecule has 0 bridgehead atoms. The Hall–Kier alpha value is -1.71. The zero-order valence-corrected chi connectivity index (χ0v) is 14.2. The number of amides is 1. The first kappa shape index (κ1) is 16.7. The van der Waals surface area contributed by atoms with Crippen LogP contribution in [-0.4, -0.2) is 24.8 Å². The second kappa shape index (κ2) is 7.03. The number of piperidine rings is 1. The van der Waals surface area contributed by atoms with Crippen LogP contribution in [0.5, 0.6) is 0 Å². The molecule has 1 aliphatic rings. The number of hydrogen-bond acceptors (Lipinski definition) is 3. The second-order valence-corrected chi connectivity index (χ2v) is 7.01. The normalized spacial score (nSPS) is 17.0. The van der Waals surface area contributed by atoms with Gasteiger partial charge < -0.3 is 15.0 Å². The van der Waals surface area contributed by atoms with Gasteiger partial charge in [0, 0.05) is 18.8 Å². The maximum Gasteiger partial charge on any atom is 0.408 e. The van der Waals surface area contributed by atoms with Crippen molar-refractivity contribution >= 4 is 11.8 Å². The van der Waals surface area contributed by atoms with Crippen LogP contribution in [-0.2, 0) is 4.74 Å². The van der Waals surface area contributed by atoms with Gasteiger partial charge in [0.05, 0.1) is 6.04 Å². The first-order valence-corrected chi connectivity index (χ1v) is 8.19. The van der Waals surface area contributed by atoms with Gasteiger partial charge in [-0.15, -0.1) is 0 Å². The highest BCUT2D eigenvalue weighted by Gasteiger charge is 2.18. The van der Waals surface area contributed by atoms with Crippen molar-refractivity contribution in [1.29, 1.82) is 0 Å². The van der Waals surface area contributed by atoms with E-state index in [1.165, 1.54) is 24.9 Å². The molecule has 0 aliphatic carbocycles. The van der Waals surface area contributed by atoms with Crippen molar-refractivity contribution in [2.24, 2.45) is 0 Å². The Kier molecular flexibility index (Phi) is 5.33. The molecule has 0 aromatic heterocycles. The number of benzene rings is 1. The topological polar surface area (TPSA) is 41.6 Å². The molecule has 4 nitrogen and oxygen atoms in total. The Morgan fingerprint density at radius 3 is 2.27 bits per heavy atom. The molecule has 1 N–H and O–H groups in total. The van der Waals surface area contributed by atoms with E-state index in [4.69, 9.17) is 4.74 Å². The van der Waals surface area contributed by atoms with Crippen molar-refractivity contribution in [3.63, 3.8) is 0 Å². The maximum absolute atomic E-state index is 11.8. The van der Waals surface area contributed by atoms with Gasteiger partial charge in [0.25, 0.3) is 0 Å². The zero-order chi connectivity index (χ0) is 16.2. The summed E-state index contributed by atoms with van der Waals surface area (Å²) in [6, 6.07) is 8.41. The van der Waals surface area contributed by atoms with Crippen molar-refractivity contribution in [2.45, 2.75) is 58.6 Å². The minimum Gasteiger partial charge on any atom is -0.444 e. The van der Waals surface area contributed by atoms with Crippen molar-refractivity contribution in [2.75, 3.05) is 18.0 Å². The molecular weight excluding hydrogens is 276 g/mol. The summed E-state index contributed by atoms with van der Waals surface area (Å²) in [4.78, 5) is 14.2. The third kappa shape index (κ3) is 4.93. The molecule has 0 spiro atoms. The summed E-state index contributed by atoms with van der Waals surface area (Å²) < 4.78 is 5.29. The second-order valence-electron chi connectivity index (χ2n) is 7.01. The predicted molar refractivity (Wildman–Crippen MR) is 90.3 cm³/mol. The van der Waals surface area contributed by atoms with Gasteiger partial charge in [-0.3, -0.25) is 0 Å². The lowest BCUT2D eigenvalue weighted by Gasteiger charge is -2.29. The van der Waals surface area contributed by atoms with Gasteiger partial charge in [-0.1, -0.05) is 12.1 Å². The standard InChI is InChI=1S/C18H28N2O2/c1-14(19-17(21)22-18(2,3)4)15-8-10-16(11-9-15)20-12-6-5-7-13-20/h8-11,14H,5-7,12-13H2,1-4H3,(H,19,21). The molecular formula is C18H28N2O2. The number of hydrogen-bond donors (Lipinski definition) is 1. The molecule has 2 rings (SSSR count). The van der Waals surface area contributed by atoms with Crippen molar-refractivity contribution in [1.82, 2.24) is 5.32 Å². The monoisotopic (exact) mass is 304 g/mol. The fourth-order valence-corrected chi connectivity index (χ4v) is 2.69. The first-order chi connectivity index (χ1) is 10.3. The molecule has 1 amide bonds. The van der Waals surface area contributed by atoms with Gasteiger partial charge in [-0.05, 0) is 64.7 Å². The first-order valence-electron chi connectivity index (χ1n) is 8.19. The van der Waals surface area contributed by atoms with Crippen molar-refractivity contribution in [3.05, 3.63) is 29.8 Å². The lowest BCUT2D eigenvalue weighted by atomic mass is 10.1. The highest BCUT2D eigenvalue weighted by Crippen LogP contribution is 2.22. The van der Waals surface area contributed by atoms with E-state index in [2.05, 4.69) is 34.5 Å². The smallest absolute Gasteiger partial charge is 0.408 e. The number of nitrogens with zero attached hydrogens (tertiary/aromatic N) is 1. The highest BCUT2D eigenvalue weighted by atomic mass is 16.6. The average molecular weight is 304 g/mol. The number of alkyl carbamates (subject to hydrolysis) is 1. The Morgan fingerprint density at radius 1 is 1.14 bits per heavy atom. The van der Waals surface area contributed by atoms with E-state index in [1.54, 1.807) is 0 Å². The summed E-state index contributed by atoms with van der Waals surface area (Å²) in [6.07, 6.45) is 3.52. The van der Waals surface area contributed by atoms with Gasteiger partial charge in [-0.2, -0.15) is 0 Å². The predicted octanol–water partition coefficient (Wildman–Crippen LogP) is 4.26. The molecule has 1 fully saturated rings. The third-order valence-electron chi connectivity index (χ3n) is 3.85. The Labute approximate surface area is 133 Å². The van der Waals surface area contributed by atoms with Crippen LogP contribution in [0.2, 0.25) is 0 Å². The SMILES string of the molecule is CC(NC(=O)OC(C)(C)C)c1ccc(N2CCCCC2)cc1. The van der Waals surface area contributed by atoms with E-state index in [9.17, 15) is 4.79 Å². The van der Waals surface area contributed by atoms with E-state index in [1.807, 2.05) is 27.7 Å². The molecule has 1 heterocycles. The minimum atomic E-state index is -0.470. The molecule has 0 radical (unpaired) electrons. The van der Waals surface area contributed by atoms with Crippen LogP contribution in [0, 0.1) is 0 Å². The molecule has 0 saturated carbocycles. The molecule has 1 saturated heterocycles. The van der Waals surface area contributed by atoms with E-state index in [0.29, 0.717) is 0 Å². The minimum absolute atomic E-state index is 0.0646. The Morgan fingerprint density at radius 2 is 1.73 bits per heavy atom. The molecule has 122 valence electrons. The summed E-state index contributed by atoms with van der Waals surface area (Å²) in [5.74, 6) is 0. The largest absolute Gasteiger partial charge is 0.444 e. The summed E-state index contributed by atoms with van der Waals surface area (Å²) >= 11 is 0. The van der Waals surface area contributed by atoms with Gasteiger partial charge in [0.1, 0.15) is 5.60 Å². The number of carbonyl (C=O) groups excluding carboxylic acids is 1. The summed E-state index contributed by atoms with van der Waals surface area (Å²) in [6.45, 7) is 9.86. The fourth-order valence-electron chi connectivity index (χ4n) is 2.69. The van der Waals surface area contributed by atoms with E-state index < -0.39 is 5.60 Å². The highest BCUT2D eigenvalue weighted by molar-refractivity contribution is 5.68. The number of anilines is 1. The maximum atomic E-state index is 11.8. The fraction of sp³-hybridized carbons (Fsp3) is 0.611. The number of ether oxygens (including phenoxy) is 1. The molecule has 1 atom stereocenters. The summed E-state index contributed by atoms with van der Waals surface area (Å²) in [5, 5.41) is 2.88. The van der Waals surface area contributed by atoms with Crippen LogP contribution >= 0.6 is 0 Å². The number of carbonyl (C=O) groups is 1. The summed E-state index contributed by atoms with van der Waals surface area (Å²) in [5.41, 5.74) is 1.89. The van der Waals surface area contributed by atoms with E-state index >= 15 is 0 Å². The van der Waals surface area contributed by atoms with Gasteiger partial charge in [0.15, 0.2) is 0 Å². The average Bonchev–Trinajstić information content (AvgIpc) is 2.46. The van der Waals surface area contributed by atoms with E-state index in [0.717, 1.165) is 18.7 Å². The lowest BCUT2D eigenvalue weighted by molar-refractivity contribution is 0.0508. The van der Waals surface area contributed by atoms with Gasteiger partial charge in [-0.25, -0.2) is 4.79 Å². The lowest BCUT2D eigenvalue weighted by Crippen LogP contribution is -2.34. The Balaban J connectivity index is 1.93. The number of nitrogens with one attached hydrogen (secondary N) is 1. The zero-order valence-electron chi connectivity index (χ0n) is 14.2. The van der Waals surface area contributed by atoms with Gasteiger partial charge >= 0.3 is 6.09 Å². The van der Waals surface area contributed by atoms with Crippen LogP contribution in [0.3, 0.4) is 0 Å².